The van der Waals surface area contributed by atoms with Gasteiger partial charge in [0.25, 0.3) is 0 Å². The minimum absolute atomic E-state index is 0.0394. The number of sulfonamides is 1. The van der Waals surface area contributed by atoms with Crippen LogP contribution in [0.3, 0.4) is 0 Å². The van der Waals surface area contributed by atoms with Crippen LogP contribution in [0.5, 0.6) is 0 Å². The number of halogens is 1. The Kier molecular flexibility index (Phi) is 6.52. The number of pyridine rings is 1. The fourth-order valence-electron chi connectivity index (χ4n) is 3.51. The normalized spacial score (nSPS) is 15.3. The smallest absolute Gasteiger partial charge is 0.248 e. The van der Waals surface area contributed by atoms with E-state index >= 15 is 0 Å². The number of hydrogen-bond donors (Lipinski definition) is 0. The van der Waals surface area contributed by atoms with Gasteiger partial charge in [0.15, 0.2) is 0 Å². The summed E-state index contributed by atoms with van der Waals surface area (Å²) < 4.78 is 33.0. The Bertz CT molecular complexity index is 1180. The maximum absolute atomic E-state index is 13.1. The number of aromatic nitrogens is 1. The van der Waals surface area contributed by atoms with E-state index in [4.69, 9.17) is 16.3 Å². The Morgan fingerprint density at radius 2 is 1.65 bits per heavy atom. The van der Waals surface area contributed by atoms with Crippen LogP contribution in [-0.4, -0.2) is 61.3 Å². The number of piperazine rings is 1. The summed E-state index contributed by atoms with van der Waals surface area (Å²) in [5, 5.41) is 2.30. The average molecular weight is 460 g/mol. The quantitative estimate of drug-likeness (QED) is 0.566. The summed E-state index contributed by atoms with van der Waals surface area (Å²) >= 11 is 6.00. The topological polar surface area (TPSA) is 79.8 Å². The second-order valence-electron chi connectivity index (χ2n) is 7.29. The maximum Gasteiger partial charge on any atom is 0.248 e. The van der Waals surface area contributed by atoms with Crippen LogP contribution in [0.25, 0.3) is 10.8 Å². The molecule has 162 valence electrons. The lowest BCUT2D eigenvalue weighted by Gasteiger charge is -2.34. The van der Waals surface area contributed by atoms with Gasteiger partial charge in [-0.2, -0.15) is 4.31 Å². The Morgan fingerprint density at radius 1 is 0.968 bits per heavy atom. The fraction of sp³-hybridized carbons (Fsp3) is 0.273. The third-order valence-electron chi connectivity index (χ3n) is 5.25. The minimum atomic E-state index is -3.64. The molecule has 1 aliphatic heterocycles. The summed E-state index contributed by atoms with van der Waals surface area (Å²) in [6, 6.07) is 14.0. The molecule has 4 rings (SSSR count). The molecule has 0 N–H and O–H groups in total. The first-order valence-corrected chi connectivity index (χ1v) is 11.7. The van der Waals surface area contributed by atoms with E-state index in [1.807, 2.05) is 12.1 Å². The standard InChI is InChI=1S/C22H22ClN3O4S/c23-20-3-1-19-14-21(4-2-18(19)13-20)31(28,29)26-11-9-25(10-12-26)22(27)16-30-15-17-5-7-24-8-6-17/h1-8,13-14H,9-12,15-16H2. The van der Waals surface area contributed by atoms with Crippen molar-refractivity contribution >= 4 is 38.3 Å². The predicted octanol–water partition coefficient (Wildman–Crippen LogP) is 2.94. The van der Waals surface area contributed by atoms with Crippen molar-refractivity contribution in [2.75, 3.05) is 32.8 Å². The van der Waals surface area contributed by atoms with Crippen molar-refractivity contribution in [3.8, 4) is 0 Å². The van der Waals surface area contributed by atoms with Crippen molar-refractivity contribution in [3.63, 3.8) is 0 Å². The highest BCUT2D eigenvalue weighted by molar-refractivity contribution is 7.89. The van der Waals surface area contributed by atoms with Gasteiger partial charge in [-0.15, -0.1) is 0 Å². The Morgan fingerprint density at radius 3 is 2.39 bits per heavy atom. The molecule has 1 saturated heterocycles. The molecular weight excluding hydrogens is 438 g/mol. The molecule has 9 heteroatoms. The molecular formula is C22H22ClN3O4S. The SMILES string of the molecule is O=C(COCc1ccncc1)N1CCN(S(=O)(=O)c2ccc3cc(Cl)ccc3c2)CC1. The second-order valence-corrected chi connectivity index (χ2v) is 9.66. The molecule has 0 bridgehead atoms. The van der Waals surface area contributed by atoms with Crippen LogP contribution in [0.15, 0.2) is 65.8 Å². The first kappa shape index (κ1) is 21.7. The predicted molar refractivity (Wildman–Crippen MR) is 118 cm³/mol. The lowest BCUT2D eigenvalue weighted by Crippen LogP contribution is -2.51. The van der Waals surface area contributed by atoms with Crippen LogP contribution in [0, 0.1) is 0 Å². The Labute approximate surface area is 186 Å². The van der Waals surface area contributed by atoms with Gasteiger partial charge in [0.05, 0.1) is 11.5 Å². The number of rotatable bonds is 6. The van der Waals surface area contributed by atoms with Gasteiger partial charge in [0.2, 0.25) is 15.9 Å². The van der Waals surface area contributed by atoms with Crippen LogP contribution < -0.4 is 0 Å². The third kappa shape index (κ3) is 5.04. The fourth-order valence-corrected chi connectivity index (χ4v) is 5.15. The van der Waals surface area contributed by atoms with E-state index < -0.39 is 10.0 Å². The van der Waals surface area contributed by atoms with E-state index in [2.05, 4.69) is 4.98 Å². The zero-order valence-corrected chi connectivity index (χ0v) is 18.3. The molecule has 0 unspecified atom stereocenters. The van der Waals surface area contributed by atoms with Gasteiger partial charge in [-0.3, -0.25) is 9.78 Å². The molecule has 0 radical (unpaired) electrons. The molecule has 31 heavy (non-hydrogen) atoms. The number of ether oxygens (including phenoxy) is 1. The Balaban J connectivity index is 1.34. The zero-order valence-electron chi connectivity index (χ0n) is 16.8. The van der Waals surface area contributed by atoms with Crippen LogP contribution >= 0.6 is 11.6 Å². The number of hydrogen-bond acceptors (Lipinski definition) is 5. The van der Waals surface area contributed by atoms with E-state index in [1.165, 1.54) is 4.31 Å². The van der Waals surface area contributed by atoms with Crippen molar-refractivity contribution < 1.29 is 17.9 Å². The van der Waals surface area contributed by atoms with E-state index in [0.29, 0.717) is 24.7 Å². The van der Waals surface area contributed by atoms with Crippen LogP contribution in [-0.2, 0) is 26.2 Å². The number of carbonyl (C=O) groups excluding carboxylic acids is 1. The lowest BCUT2D eigenvalue weighted by atomic mass is 10.1. The van der Waals surface area contributed by atoms with Crippen LogP contribution in [0.2, 0.25) is 5.02 Å². The number of amides is 1. The van der Waals surface area contributed by atoms with E-state index in [1.54, 1.807) is 53.7 Å². The van der Waals surface area contributed by atoms with Gasteiger partial charge in [-0.25, -0.2) is 8.42 Å². The van der Waals surface area contributed by atoms with E-state index in [0.717, 1.165) is 16.3 Å². The summed E-state index contributed by atoms with van der Waals surface area (Å²) in [6.45, 7) is 1.45. The number of nitrogens with zero attached hydrogens (tertiary/aromatic N) is 3. The van der Waals surface area contributed by atoms with Crippen molar-refractivity contribution in [2.45, 2.75) is 11.5 Å². The average Bonchev–Trinajstić information content (AvgIpc) is 2.79. The molecule has 0 saturated carbocycles. The van der Waals surface area contributed by atoms with Crippen molar-refractivity contribution in [1.82, 2.24) is 14.2 Å². The van der Waals surface area contributed by atoms with Crippen molar-refractivity contribution in [2.24, 2.45) is 0 Å². The van der Waals surface area contributed by atoms with Crippen molar-refractivity contribution in [1.29, 1.82) is 0 Å². The number of benzene rings is 2. The molecule has 2 heterocycles. The highest BCUT2D eigenvalue weighted by Crippen LogP contribution is 2.25. The molecule has 3 aromatic rings. The third-order valence-corrected chi connectivity index (χ3v) is 7.38. The molecule has 0 spiro atoms. The van der Waals surface area contributed by atoms with E-state index in [9.17, 15) is 13.2 Å². The van der Waals surface area contributed by atoms with Gasteiger partial charge in [-0.05, 0) is 52.7 Å². The largest absolute Gasteiger partial charge is 0.367 e. The first-order valence-electron chi connectivity index (χ1n) is 9.87. The van der Waals surface area contributed by atoms with Gasteiger partial charge in [-0.1, -0.05) is 23.7 Å². The molecule has 1 amide bonds. The summed E-state index contributed by atoms with van der Waals surface area (Å²) in [4.78, 5) is 18.2. The van der Waals surface area contributed by atoms with Crippen LogP contribution in [0.1, 0.15) is 5.56 Å². The Hall–Kier alpha value is -2.52. The summed E-state index contributed by atoms with van der Waals surface area (Å²) in [6.07, 6.45) is 3.34. The van der Waals surface area contributed by atoms with Gasteiger partial charge < -0.3 is 9.64 Å². The second kappa shape index (κ2) is 9.32. The van der Waals surface area contributed by atoms with E-state index in [-0.39, 0.29) is 30.5 Å². The number of carbonyl (C=O) groups is 1. The van der Waals surface area contributed by atoms with Gasteiger partial charge >= 0.3 is 0 Å². The number of fused-ring (bicyclic) bond motifs is 1. The molecule has 0 aliphatic carbocycles. The summed E-state index contributed by atoms with van der Waals surface area (Å²) in [7, 11) is -3.64. The van der Waals surface area contributed by atoms with Crippen LogP contribution in [0.4, 0.5) is 0 Å². The summed E-state index contributed by atoms with van der Waals surface area (Å²) in [5.74, 6) is -0.145. The van der Waals surface area contributed by atoms with Gasteiger partial charge in [0.1, 0.15) is 6.61 Å². The first-order chi connectivity index (χ1) is 14.9. The molecule has 2 aromatic carbocycles. The highest BCUT2D eigenvalue weighted by atomic mass is 35.5. The highest BCUT2D eigenvalue weighted by Gasteiger charge is 2.30. The molecule has 1 aromatic heterocycles. The molecule has 1 aliphatic rings. The molecule has 1 fully saturated rings. The molecule has 7 nitrogen and oxygen atoms in total. The zero-order chi connectivity index (χ0) is 21.8. The monoisotopic (exact) mass is 459 g/mol. The minimum Gasteiger partial charge on any atom is -0.367 e. The van der Waals surface area contributed by atoms with Gasteiger partial charge in [0, 0.05) is 43.6 Å². The maximum atomic E-state index is 13.1. The molecule has 0 atom stereocenters. The summed E-state index contributed by atoms with van der Waals surface area (Å²) in [5.41, 5.74) is 0.941. The lowest BCUT2D eigenvalue weighted by molar-refractivity contribution is -0.137. The van der Waals surface area contributed by atoms with Crippen molar-refractivity contribution in [3.05, 3.63) is 71.5 Å².